The van der Waals surface area contributed by atoms with Gasteiger partial charge in [-0.1, -0.05) is 48.6 Å². The summed E-state index contributed by atoms with van der Waals surface area (Å²) in [5.41, 5.74) is 11.3. The molecule has 0 radical (unpaired) electrons. The molecule has 11 rings (SSSR count). The number of hydrogen-bond donors (Lipinski definition) is 2. The van der Waals surface area contributed by atoms with E-state index >= 15 is 0 Å². The van der Waals surface area contributed by atoms with E-state index in [1.807, 2.05) is 56.3 Å². The zero-order chi connectivity index (χ0) is 53.7. The van der Waals surface area contributed by atoms with Gasteiger partial charge in [-0.25, -0.2) is 18.6 Å². The van der Waals surface area contributed by atoms with E-state index in [1.165, 1.54) is 30.7 Å². The van der Waals surface area contributed by atoms with Crippen molar-refractivity contribution in [1.82, 2.24) is 9.97 Å². The summed E-state index contributed by atoms with van der Waals surface area (Å²) in [6, 6.07) is 21.1. The molecule has 4 aliphatic carbocycles. The molecule has 0 bridgehead atoms. The number of carbonyl (C=O) groups is 2. The Kier molecular flexibility index (Phi) is 20.8. The number of nitrogens with zero attached hydrogens (tertiary/aromatic N) is 3. The van der Waals surface area contributed by atoms with Crippen LogP contribution in [0.5, 0.6) is 0 Å². The van der Waals surface area contributed by atoms with Crippen molar-refractivity contribution >= 4 is 40.3 Å². The Morgan fingerprint density at radius 2 is 1.28 bits per heavy atom. The number of aromatic nitrogens is 2. The van der Waals surface area contributed by atoms with Crippen LogP contribution in [0, 0.1) is 70.8 Å². The number of nitrogens with two attached hydrogens (primary N) is 1. The van der Waals surface area contributed by atoms with Crippen LogP contribution in [0.4, 0.5) is 8.78 Å². The van der Waals surface area contributed by atoms with Crippen molar-refractivity contribution in [1.29, 1.82) is 0 Å². The molecule has 0 spiro atoms. The molecule has 15 atom stereocenters. The first kappa shape index (κ1) is 57.2. The molecule has 410 valence electrons. The number of esters is 2. The molecule has 1 unspecified atom stereocenters. The summed E-state index contributed by atoms with van der Waals surface area (Å²) in [5, 5.41) is 8.42. The minimum atomic E-state index is -0.270. The average molecular weight is 1110 g/mol. The van der Waals surface area contributed by atoms with Crippen LogP contribution < -0.4 is 5.73 Å². The van der Waals surface area contributed by atoms with Gasteiger partial charge in [0.25, 0.3) is 0 Å². The number of carbonyl (C=O) groups excluding carboxylic acids is 3. The minimum absolute atomic E-state index is 0.0109. The maximum atomic E-state index is 13.5. The number of allylic oxidation sites excluding steroid dienone is 2. The van der Waals surface area contributed by atoms with Crippen molar-refractivity contribution in [3.8, 4) is 22.3 Å². The van der Waals surface area contributed by atoms with Gasteiger partial charge in [-0.15, -0.1) is 0 Å². The number of fused-ring (bicyclic) bond motifs is 4. The van der Waals surface area contributed by atoms with Gasteiger partial charge < -0.3 is 29.8 Å². The predicted octanol–water partition coefficient (Wildman–Crippen LogP) is 11.3. The van der Waals surface area contributed by atoms with E-state index in [2.05, 4.69) is 58.4 Å². The Bertz CT molecular complexity index is 2650. The third-order valence-electron chi connectivity index (χ3n) is 16.9. The summed E-state index contributed by atoms with van der Waals surface area (Å²) < 4.78 is 48.7. The molecule has 2 aromatic heterocycles. The van der Waals surface area contributed by atoms with Crippen LogP contribution in [0.1, 0.15) is 95.9 Å². The number of benzene rings is 2. The van der Waals surface area contributed by atoms with Gasteiger partial charge in [0.2, 0.25) is 6.08 Å². The summed E-state index contributed by atoms with van der Waals surface area (Å²) in [6.07, 6.45) is 24.5. The Hall–Kier alpha value is -4.95. The second kappa shape index (κ2) is 27.6. The molecule has 76 heavy (non-hydrogen) atoms. The fourth-order valence-electron chi connectivity index (χ4n) is 13.6. The zero-order valence-electron chi connectivity index (χ0n) is 43.1. The molecule has 7 aliphatic rings. The van der Waals surface area contributed by atoms with Crippen LogP contribution in [-0.2, 0) is 48.4 Å². The number of cyclic esters (lactones) is 2. The molecule has 3 saturated heterocycles. The zero-order valence-corrected chi connectivity index (χ0v) is 44.8. The number of hydrogen-bond acceptors (Lipinski definition) is 12. The van der Waals surface area contributed by atoms with E-state index < -0.39 is 0 Å². The van der Waals surface area contributed by atoms with Crippen LogP contribution >= 0.6 is 10.1 Å². The summed E-state index contributed by atoms with van der Waals surface area (Å²) in [7, 11) is 4.20. The molecule has 16 heteroatoms. The Balaban J connectivity index is 0.000000166. The number of halogens is 3. The monoisotopic (exact) mass is 1110 g/mol. The standard InChI is InChI=1S/C27H27FN2O3.C26H29FN2O2.C7H14O3.ClH.Cu/c1-16-26-24(10-7-21-6-5-18(14-29-21)17-3-2-4-20(28)11-17)23-9-8-22(30-15-31)12-19(23)13-25(26)27(32)33-16;1-15-25-23(22-9-6-20(28)12-18(22)13-24(25)26(30)31-15)10-8-21-7-5-17(14-29-21)16-3-2-4-19(27)11-16;8-4-6-10-7-3-1-2-5-9-7;;/h2-7,10-11,14,16,19,22-26H,8-9,12-13H2,1H3;2-5,7-8,10-11,14-15,18,20,22-25H,6,9,12-13,28H2,1H3;7-8H,1-6H2;1H;/q;;;;+1/p-1/b10-7+;10-8+;;;/t16-,19+,22-,23-,24+,25-,26+;15-,18+,20-,22-,23+,24-,25+;;;/m11.../s1. The molecule has 0 amide bonds. The molecule has 2 aromatic carbocycles. The van der Waals surface area contributed by atoms with Crippen LogP contribution in [-0.4, -0.2) is 83.5 Å². The maximum absolute atomic E-state index is 13.5. The number of rotatable bonds is 10. The SMILES string of the molecule is C[C@H]1OC(=O)[C@@H]2C[C@@H]3C[C@H](N)CC[C@H]3[C@H](/C=C/c3ccc(-c4cccc(F)c4)cn3)[C@H]12.C[C@H]1OC(=O)[C@@H]2C[C@@H]3C[C@H](N=C=O)CC[C@H]3[C@H](/C=C/c3ccc(-c4cccc(F)c4)cn3)[C@H]12.OCCOC1CCCCO1.[Cl][Cu]. The Morgan fingerprint density at radius 1 is 0.737 bits per heavy atom. The second-order valence-electron chi connectivity index (χ2n) is 21.5. The summed E-state index contributed by atoms with van der Waals surface area (Å²) in [5.74, 6) is 1.93. The van der Waals surface area contributed by atoms with Crippen LogP contribution in [0.15, 0.2) is 102 Å². The first-order valence-corrected chi connectivity index (χ1v) is 28.2. The molecule has 4 saturated carbocycles. The van der Waals surface area contributed by atoms with Crippen LogP contribution in [0.3, 0.4) is 0 Å². The number of isocyanates is 1. The summed E-state index contributed by atoms with van der Waals surface area (Å²) in [4.78, 5) is 48.9. The molecule has 4 aromatic rings. The van der Waals surface area contributed by atoms with E-state index in [0.717, 1.165) is 104 Å². The van der Waals surface area contributed by atoms with Gasteiger partial charge in [0.05, 0.1) is 42.5 Å². The van der Waals surface area contributed by atoms with E-state index in [9.17, 15) is 23.2 Å². The summed E-state index contributed by atoms with van der Waals surface area (Å²) in [6.45, 7) is 5.31. The molecule has 12 nitrogen and oxygen atoms in total. The molecule has 7 fully saturated rings. The molecule has 5 heterocycles. The van der Waals surface area contributed by atoms with E-state index in [0.29, 0.717) is 36.2 Å². The predicted molar refractivity (Wildman–Crippen MR) is 283 cm³/mol. The molecule has 3 aliphatic heterocycles. The Labute approximate surface area is 457 Å². The number of aliphatic hydroxyl groups excluding tert-OH is 1. The van der Waals surface area contributed by atoms with Gasteiger partial charge in [0.1, 0.15) is 23.8 Å². The fourth-order valence-corrected chi connectivity index (χ4v) is 13.6. The van der Waals surface area contributed by atoms with Gasteiger partial charge in [-0.3, -0.25) is 19.6 Å². The van der Waals surface area contributed by atoms with Gasteiger partial charge in [-0.05, 0) is 180 Å². The van der Waals surface area contributed by atoms with E-state index in [1.54, 1.807) is 30.6 Å². The first-order chi connectivity index (χ1) is 37.0. The van der Waals surface area contributed by atoms with Gasteiger partial charge in [0.15, 0.2) is 6.29 Å². The van der Waals surface area contributed by atoms with Crippen molar-refractivity contribution in [2.45, 2.75) is 115 Å². The van der Waals surface area contributed by atoms with Gasteiger partial charge in [-0.2, -0.15) is 0 Å². The van der Waals surface area contributed by atoms with Crippen molar-refractivity contribution in [3.63, 3.8) is 0 Å². The summed E-state index contributed by atoms with van der Waals surface area (Å²) >= 11 is 3.66. The van der Waals surface area contributed by atoms with Gasteiger partial charge >= 0.3 is 37.1 Å². The number of aliphatic imine (C=N–C) groups is 1. The molecule has 3 N–H and O–H groups in total. The van der Waals surface area contributed by atoms with Crippen molar-refractivity contribution in [3.05, 3.63) is 120 Å². The number of ether oxygens (including phenoxy) is 4. The Morgan fingerprint density at radius 3 is 1.75 bits per heavy atom. The fraction of sp³-hybridized carbons (Fsp3) is 0.517. The first-order valence-electron chi connectivity index (χ1n) is 27.0. The normalized spacial score (nSPS) is 32.2. The van der Waals surface area contributed by atoms with Crippen LogP contribution in [0.2, 0.25) is 0 Å². The average Bonchev–Trinajstić information content (AvgIpc) is 3.91. The van der Waals surface area contributed by atoms with Crippen molar-refractivity contribution in [2.24, 2.45) is 69.9 Å². The number of aliphatic hydroxyl groups is 1. The van der Waals surface area contributed by atoms with Crippen molar-refractivity contribution < 1.29 is 62.3 Å². The molecular formula is C60H70ClCuF2N4O8. The third kappa shape index (κ3) is 14.2. The van der Waals surface area contributed by atoms with Gasteiger partial charge in [0, 0.05) is 48.0 Å². The third-order valence-corrected chi connectivity index (χ3v) is 16.9. The topological polar surface area (TPSA) is 173 Å². The number of pyridine rings is 2. The van der Waals surface area contributed by atoms with E-state index in [-0.39, 0.29) is 90.4 Å². The van der Waals surface area contributed by atoms with E-state index in [4.69, 9.17) is 29.8 Å². The second-order valence-corrected chi connectivity index (χ2v) is 21.5. The van der Waals surface area contributed by atoms with Crippen molar-refractivity contribution in [2.75, 3.05) is 19.8 Å². The van der Waals surface area contributed by atoms with Crippen LogP contribution in [0.25, 0.3) is 34.4 Å². The molecular weight excluding hydrogens is 1040 g/mol. The quantitative estimate of drug-likeness (QED) is 0.0670.